The van der Waals surface area contributed by atoms with E-state index in [9.17, 15) is 0 Å². The Bertz CT molecular complexity index is 166. The number of nitrogens with one attached hydrogen (secondary N) is 1. The van der Waals surface area contributed by atoms with Gasteiger partial charge in [0.15, 0.2) is 0 Å². The highest BCUT2D eigenvalue weighted by atomic mass is 16.5. The van der Waals surface area contributed by atoms with E-state index >= 15 is 0 Å². The quantitative estimate of drug-likeness (QED) is 0.733. The van der Waals surface area contributed by atoms with Crippen LogP contribution >= 0.6 is 0 Å². The van der Waals surface area contributed by atoms with Crippen molar-refractivity contribution >= 4 is 0 Å². The fourth-order valence-electron chi connectivity index (χ4n) is 2.59. The molecule has 0 aromatic rings. The molecule has 82 valence electrons. The van der Waals surface area contributed by atoms with Crippen molar-refractivity contribution in [2.24, 2.45) is 5.92 Å². The average Bonchev–Trinajstić information content (AvgIpc) is 2.23. The maximum absolute atomic E-state index is 6.18. The first-order chi connectivity index (χ1) is 6.86. The van der Waals surface area contributed by atoms with Crippen molar-refractivity contribution in [3.8, 4) is 0 Å². The number of piperidine rings is 1. The van der Waals surface area contributed by atoms with Gasteiger partial charge < -0.3 is 10.1 Å². The molecular weight excluding hydrogens is 174 g/mol. The van der Waals surface area contributed by atoms with E-state index in [1.165, 1.54) is 45.1 Å². The van der Waals surface area contributed by atoms with Gasteiger partial charge in [-0.05, 0) is 31.7 Å². The summed E-state index contributed by atoms with van der Waals surface area (Å²) in [6.07, 6.45) is 9.07. The Balaban J connectivity index is 1.76. The van der Waals surface area contributed by atoms with Gasteiger partial charge in [-0.3, -0.25) is 0 Å². The van der Waals surface area contributed by atoms with E-state index in [1.807, 2.05) is 0 Å². The van der Waals surface area contributed by atoms with Gasteiger partial charge in [0, 0.05) is 6.54 Å². The van der Waals surface area contributed by atoms with Gasteiger partial charge in [0.1, 0.15) is 0 Å². The van der Waals surface area contributed by atoms with Crippen molar-refractivity contribution in [3.63, 3.8) is 0 Å². The Kier molecular flexibility index (Phi) is 3.82. The van der Waals surface area contributed by atoms with Crippen LogP contribution in [0.25, 0.3) is 0 Å². The molecule has 2 nitrogen and oxygen atoms in total. The summed E-state index contributed by atoms with van der Waals surface area (Å²) in [7, 11) is 0. The first-order valence-corrected chi connectivity index (χ1v) is 6.22. The van der Waals surface area contributed by atoms with Crippen LogP contribution in [0.4, 0.5) is 0 Å². The Morgan fingerprint density at radius 3 is 2.57 bits per heavy atom. The summed E-state index contributed by atoms with van der Waals surface area (Å²) in [4.78, 5) is 0. The predicted octanol–water partition coefficient (Wildman–Crippen LogP) is 2.33. The molecule has 1 aliphatic heterocycles. The van der Waals surface area contributed by atoms with Gasteiger partial charge >= 0.3 is 0 Å². The SMILES string of the molecule is CC1CCNCC1OC1CCCCC1. The van der Waals surface area contributed by atoms with Gasteiger partial charge in [0.05, 0.1) is 12.2 Å². The number of ether oxygens (including phenoxy) is 1. The molecule has 2 heteroatoms. The smallest absolute Gasteiger partial charge is 0.0729 e. The zero-order chi connectivity index (χ0) is 9.80. The first-order valence-electron chi connectivity index (χ1n) is 6.22. The Morgan fingerprint density at radius 1 is 1.07 bits per heavy atom. The highest BCUT2D eigenvalue weighted by Gasteiger charge is 2.25. The average molecular weight is 197 g/mol. The van der Waals surface area contributed by atoms with Crippen LogP contribution in [0.15, 0.2) is 0 Å². The van der Waals surface area contributed by atoms with E-state index < -0.39 is 0 Å². The molecule has 1 aliphatic carbocycles. The van der Waals surface area contributed by atoms with E-state index in [1.54, 1.807) is 0 Å². The van der Waals surface area contributed by atoms with Crippen LogP contribution in [0.3, 0.4) is 0 Å². The summed E-state index contributed by atoms with van der Waals surface area (Å²) in [6, 6.07) is 0. The lowest BCUT2D eigenvalue weighted by atomic mass is 9.94. The lowest BCUT2D eigenvalue weighted by Gasteiger charge is -2.34. The third-order valence-corrected chi connectivity index (χ3v) is 3.68. The van der Waals surface area contributed by atoms with Gasteiger partial charge in [-0.15, -0.1) is 0 Å². The fraction of sp³-hybridized carbons (Fsp3) is 1.00. The minimum absolute atomic E-state index is 0.479. The second-order valence-corrected chi connectivity index (χ2v) is 4.90. The molecule has 2 fully saturated rings. The normalized spacial score (nSPS) is 35.8. The number of rotatable bonds is 2. The summed E-state index contributed by atoms with van der Waals surface area (Å²) in [5.41, 5.74) is 0. The second kappa shape index (κ2) is 5.13. The second-order valence-electron chi connectivity index (χ2n) is 4.90. The fourth-order valence-corrected chi connectivity index (χ4v) is 2.59. The number of hydrogen-bond donors (Lipinski definition) is 1. The van der Waals surface area contributed by atoms with Crippen LogP contribution < -0.4 is 5.32 Å². The molecule has 1 saturated heterocycles. The minimum atomic E-state index is 0.479. The van der Waals surface area contributed by atoms with E-state index in [0.29, 0.717) is 12.2 Å². The van der Waals surface area contributed by atoms with Gasteiger partial charge in [-0.1, -0.05) is 26.2 Å². The highest BCUT2D eigenvalue weighted by Crippen LogP contribution is 2.24. The van der Waals surface area contributed by atoms with Crippen molar-refractivity contribution in [2.45, 2.75) is 57.7 Å². The molecule has 2 atom stereocenters. The molecule has 14 heavy (non-hydrogen) atoms. The lowest BCUT2D eigenvalue weighted by molar-refractivity contribution is -0.0614. The Morgan fingerprint density at radius 2 is 1.86 bits per heavy atom. The third-order valence-electron chi connectivity index (χ3n) is 3.68. The standard InChI is InChI=1S/C12H23NO/c1-10-7-8-13-9-12(10)14-11-5-3-2-4-6-11/h10-13H,2-9H2,1H3. The molecule has 2 aliphatic rings. The maximum Gasteiger partial charge on any atom is 0.0729 e. The van der Waals surface area contributed by atoms with Gasteiger partial charge in [-0.25, -0.2) is 0 Å². The Labute approximate surface area is 87.4 Å². The molecule has 0 aromatic heterocycles. The van der Waals surface area contributed by atoms with E-state index in [0.717, 1.165) is 12.5 Å². The maximum atomic E-state index is 6.18. The predicted molar refractivity (Wildman–Crippen MR) is 58.4 cm³/mol. The molecule has 0 aromatic carbocycles. The van der Waals surface area contributed by atoms with Gasteiger partial charge in [-0.2, -0.15) is 0 Å². The van der Waals surface area contributed by atoms with Gasteiger partial charge in [0.2, 0.25) is 0 Å². The highest BCUT2D eigenvalue weighted by molar-refractivity contribution is 4.78. The van der Waals surface area contributed by atoms with Crippen molar-refractivity contribution < 1.29 is 4.74 Å². The van der Waals surface area contributed by atoms with Crippen molar-refractivity contribution in [1.82, 2.24) is 5.32 Å². The molecule has 0 amide bonds. The van der Waals surface area contributed by atoms with Crippen molar-refractivity contribution in [1.29, 1.82) is 0 Å². The molecule has 0 spiro atoms. The topological polar surface area (TPSA) is 21.3 Å². The van der Waals surface area contributed by atoms with Crippen molar-refractivity contribution in [3.05, 3.63) is 0 Å². The summed E-state index contributed by atoms with van der Waals surface area (Å²) in [6.45, 7) is 4.57. The van der Waals surface area contributed by atoms with Crippen LogP contribution in [-0.4, -0.2) is 25.3 Å². The summed E-state index contributed by atoms with van der Waals surface area (Å²) < 4.78 is 6.18. The van der Waals surface area contributed by atoms with Crippen LogP contribution in [0.5, 0.6) is 0 Å². The monoisotopic (exact) mass is 197 g/mol. The zero-order valence-electron chi connectivity index (χ0n) is 9.30. The number of hydrogen-bond acceptors (Lipinski definition) is 2. The molecular formula is C12H23NO. The Hall–Kier alpha value is -0.0800. The van der Waals surface area contributed by atoms with E-state index in [4.69, 9.17) is 4.74 Å². The van der Waals surface area contributed by atoms with Crippen LogP contribution in [0.1, 0.15) is 45.4 Å². The minimum Gasteiger partial charge on any atom is -0.373 e. The molecule has 1 heterocycles. The molecule has 2 unspecified atom stereocenters. The largest absolute Gasteiger partial charge is 0.373 e. The summed E-state index contributed by atoms with van der Waals surface area (Å²) in [5.74, 6) is 0.748. The summed E-state index contributed by atoms with van der Waals surface area (Å²) in [5, 5.41) is 3.43. The zero-order valence-corrected chi connectivity index (χ0v) is 9.30. The first kappa shape index (κ1) is 10.4. The molecule has 1 N–H and O–H groups in total. The molecule has 0 bridgehead atoms. The van der Waals surface area contributed by atoms with Crippen molar-refractivity contribution in [2.75, 3.05) is 13.1 Å². The summed E-state index contributed by atoms with van der Waals surface area (Å²) >= 11 is 0. The van der Waals surface area contributed by atoms with Gasteiger partial charge in [0.25, 0.3) is 0 Å². The van der Waals surface area contributed by atoms with Crippen LogP contribution in [0, 0.1) is 5.92 Å². The molecule has 0 radical (unpaired) electrons. The van der Waals surface area contributed by atoms with E-state index in [-0.39, 0.29) is 0 Å². The lowest BCUT2D eigenvalue weighted by Crippen LogP contribution is -2.43. The molecule has 2 rings (SSSR count). The molecule has 1 saturated carbocycles. The van der Waals surface area contributed by atoms with Crippen LogP contribution in [-0.2, 0) is 4.74 Å². The van der Waals surface area contributed by atoms with Crippen LogP contribution in [0.2, 0.25) is 0 Å². The third kappa shape index (κ3) is 2.71. The van der Waals surface area contributed by atoms with E-state index in [2.05, 4.69) is 12.2 Å².